The van der Waals surface area contributed by atoms with Crippen LogP contribution in [0.4, 0.5) is 0 Å². The Bertz CT molecular complexity index is 324. The Morgan fingerprint density at radius 1 is 1.23 bits per heavy atom. The van der Waals surface area contributed by atoms with Gasteiger partial charge in [0.2, 0.25) is 0 Å². The van der Waals surface area contributed by atoms with E-state index in [0.717, 1.165) is 12.8 Å². The smallest absolute Gasteiger partial charge is 0.0412 e. The van der Waals surface area contributed by atoms with Crippen LogP contribution in [-0.4, -0.2) is 0 Å². The maximum atomic E-state index is 6.28. The Morgan fingerprint density at radius 2 is 1.92 bits per heavy atom. The molecule has 0 radical (unpaired) electrons. The molecule has 1 aromatic carbocycles. The molecule has 1 aliphatic rings. The summed E-state index contributed by atoms with van der Waals surface area (Å²) in [7, 11) is 0. The van der Waals surface area contributed by atoms with Crippen LogP contribution in [0.1, 0.15) is 36.0 Å². The zero-order valence-electron chi connectivity index (χ0n) is 8.43. The molecule has 0 aliphatic heterocycles. The molecule has 2 rings (SSSR count). The molecule has 2 N–H and O–H groups in total. The maximum Gasteiger partial charge on any atom is 0.0412 e. The summed E-state index contributed by atoms with van der Waals surface area (Å²) >= 11 is 0. The van der Waals surface area contributed by atoms with E-state index in [2.05, 4.69) is 32.0 Å². The molecular weight excluding hydrogens is 158 g/mol. The molecule has 0 bridgehead atoms. The Kier molecular flexibility index (Phi) is 1.92. The number of nitrogens with two attached hydrogens (primary N) is 1. The van der Waals surface area contributed by atoms with Crippen molar-refractivity contribution < 1.29 is 0 Å². The third kappa shape index (κ3) is 1.37. The van der Waals surface area contributed by atoms with Crippen LogP contribution in [0.25, 0.3) is 0 Å². The first-order chi connectivity index (χ1) is 6.12. The third-order valence-electron chi connectivity index (χ3n) is 3.16. The van der Waals surface area contributed by atoms with Crippen LogP contribution in [0.5, 0.6) is 0 Å². The molecule has 1 fully saturated rings. The van der Waals surface area contributed by atoms with E-state index in [9.17, 15) is 0 Å². The zero-order chi connectivity index (χ0) is 9.47. The lowest BCUT2D eigenvalue weighted by molar-refractivity contribution is 0.252. The molecule has 1 aromatic rings. The Hall–Kier alpha value is -0.820. The van der Waals surface area contributed by atoms with Gasteiger partial charge in [-0.3, -0.25) is 0 Å². The van der Waals surface area contributed by atoms with Crippen LogP contribution in [-0.2, 0) is 5.54 Å². The van der Waals surface area contributed by atoms with Crippen LogP contribution < -0.4 is 5.73 Å². The highest BCUT2D eigenvalue weighted by Gasteiger charge is 2.35. The Balaban J connectivity index is 2.40. The van der Waals surface area contributed by atoms with Crippen molar-refractivity contribution in [3.63, 3.8) is 0 Å². The van der Waals surface area contributed by atoms with Gasteiger partial charge in [-0.1, -0.05) is 23.8 Å². The fourth-order valence-electron chi connectivity index (χ4n) is 2.20. The highest BCUT2D eigenvalue weighted by Crippen LogP contribution is 2.40. The molecule has 0 atom stereocenters. The standard InChI is InChI=1S/C12H17N/c1-9-4-5-11(10(2)8-9)12(13)6-3-7-12/h4-5,8H,3,6-7,13H2,1-2H3. The summed E-state index contributed by atoms with van der Waals surface area (Å²) in [6, 6.07) is 6.58. The quantitative estimate of drug-likeness (QED) is 0.697. The molecule has 1 aliphatic carbocycles. The topological polar surface area (TPSA) is 26.0 Å². The molecule has 1 saturated carbocycles. The summed E-state index contributed by atoms with van der Waals surface area (Å²) in [5, 5.41) is 0. The maximum absolute atomic E-state index is 6.28. The van der Waals surface area contributed by atoms with Gasteiger partial charge in [-0.05, 0) is 44.2 Å². The number of benzene rings is 1. The lowest BCUT2D eigenvalue weighted by Crippen LogP contribution is -2.43. The van der Waals surface area contributed by atoms with Gasteiger partial charge in [-0.2, -0.15) is 0 Å². The van der Waals surface area contributed by atoms with Crippen molar-refractivity contribution in [3.8, 4) is 0 Å². The summed E-state index contributed by atoms with van der Waals surface area (Å²) < 4.78 is 0. The normalized spacial score (nSPS) is 19.6. The van der Waals surface area contributed by atoms with Gasteiger partial charge in [-0.15, -0.1) is 0 Å². The summed E-state index contributed by atoms with van der Waals surface area (Å²) in [5.41, 5.74) is 10.3. The first-order valence-corrected chi connectivity index (χ1v) is 4.98. The summed E-state index contributed by atoms with van der Waals surface area (Å²) in [6.07, 6.45) is 3.58. The molecule has 0 amide bonds. The van der Waals surface area contributed by atoms with Crippen LogP contribution in [0.2, 0.25) is 0 Å². The van der Waals surface area contributed by atoms with Crippen LogP contribution >= 0.6 is 0 Å². The van der Waals surface area contributed by atoms with Gasteiger partial charge in [0.15, 0.2) is 0 Å². The Labute approximate surface area is 80.0 Å². The van der Waals surface area contributed by atoms with E-state index in [1.807, 2.05) is 0 Å². The minimum atomic E-state index is -0.00220. The van der Waals surface area contributed by atoms with E-state index in [1.165, 1.54) is 23.1 Å². The molecule has 1 heteroatoms. The van der Waals surface area contributed by atoms with Crippen molar-refractivity contribution >= 4 is 0 Å². The van der Waals surface area contributed by atoms with Gasteiger partial charge >= 0.3 is 0 Å². The van der Waals surface area contributed by atoms with Crippen molar-refractivity contribution in [1.82, 2.24) is 0 Å². The summed E-state index contributed by atoms with van der Waals surface area (Å²) in [5.74, 6) is 0. The molecule has 0 spiro atoms. The number of hydrogen-bond acceptors (Lipinski definition) is 1. The molecule has 0 unspecified atom stereocenters. The fourth-order valence-corrected chi connectivity index (χ4v) is 2.20. The molecule has 70 valence electrons. The second-order valence-electron chi connectivity index (χ2n) is 4.33. The first-order valence-electron chi connectivity index (χ1n) is 4.98. The van der Waals surface area contributed by atoms with Crippen molar-refractivity contribution in [2.75, 3.05) is 0 Å². The molecule has 1 nitrogen and oxygen atoms in total. The van der Waals surface area contributed by atoms with Crippen molar-refractivity contribution in [1.29, 1.82) is 0 Å². The predicted octanol–water partition coefficient (Wildman–Crippen LogP) is 2.64. The first kappa shape index (κ1) is 8.76. The van der Waals surface area contributed by atoms with Gasteiger partial charge in [0.1, 0.15) is 0 Å². The predicted molar refractivity (Wildman–Crippen MR) is 55.6 cm³/mol. The van der Waals surface area contributed by atoms with Crippen molar-refractivity contribution in [2.24, 2.45) is 5.73 Å². The van der Waals surface area contributed by atoms with Crippen molar-refractivity contribution in [2.45, 2.75) is 38.6 Å². The lowest BCUT2D eigenvalue weighted by Gasteiger charge is -2.39. The van der Waals surface area contributed by atoms with E-state index in [0.29, 0.717) is 0 Å². The van der Waals surface area contributed by atoms with Gasteiger partial charge in [-0.25, -0.2) is 0 Å². The monoisotopic (exact) mass is 175 g/mol. The minimum absolute atomic E-state index is 0.00220. The van der Waals surface area contributed by atoms with E-state index in [-0.39, 0.29) is 5.54 Å². The Morgan fingerprint density at radius 3 is 2.38 bits per heavy atom. The molecule has 0 saturated heterocycles. The minimum Gasteiger partial charge on any atom is -0.321 e. The summed E-state index contributed by atoms with van der Waals surface area (Å²) in [4.78, 5) is 0. The SMILES string of the molecule is Cc1ccc(C2(N)CCC2)c(C)c1. The highest BCUT2D eigenvalue weighted by molar-refractivity contribution is 5.36. The highest BCUT2D eigenvalue weighted by atomic mass is 14.8. The van der Waals surface area contributed by atoms with E-state index in [4.69, 9.17) is 5.73 Å². The van der Waals surface area contributed by atoms with E-state index >= 15 is 0 Å². The lowest BCUT2D eigenvalue weighted by atomic mass is 9.71. The molecule has 0 heterocycles. The fraction of sp³-hybridized carbons (Fsp3) is 0.500. The van der Waals surface area contributed by atoms with E-state index in [1.54, 1.807) is 0 Å². The van der Waals surface area contributed by atoms with Crippen LogP contribution in [0.15, 0.2) is 18.2 Å². The molecular formula is C12H17N. The van der Waals surface area contributed by atoms with E-state index < -0.39 is 0 Å². The van der Waals surface area contributed by atoms with Gasteiger partial charge in [0.05, 0.1) is 0 Å². The second kappa shape index (κ2) is 2.85. The average molecular weight is 175 g/mol. The largest absolute Gasteiger partial charge is 0.321 e. The van der Waals surface area contributed by atoms with Gasteiger partial charge in [0.25, 0.3) is 0 Å². The average Bonchev–Trinajstić information content (AvgIpc) is 2.00. The van der Waals surface area contributed by atoms with Crippen LogP contribution in [0.3, 0.4) is 0 Å². The summed E-state index contributed by atoms with van der Waals surface area (Å²) in [6.45, 7) is 4.29. The third-order valence-corrected chi connectivity index (χ3v) is 3.16. The van der Waals surface area contributed by atoms with Gasteiger partial charge < -0.3 is 5.73 Å². The number of hydrogen-bond donors (Lipinski definition) is 1. The number of aryl methyl sites for hydroxylation is 2. The van der Waals surface area contributed by atoms with Crippen LogP contribution in [0, 0.1) is 13.8 Å². The zero-order valence-corrected chi connectivity index (χ0v) is 8.43. The number of rotatable bonds is 1. The second-order valence-corrected chi connectivity index (χ2v) is 4.33. The molecule has 0 aromatic heterocycles. The molecule has 13 heavy (non-hydrogen) atoms. The van der Waals surface area contributed by atoms with Gasteiger partial charge in [0, 0.05) is 5.54 Å². The van der Waals surface area contributed by atoms with Crippen molar-refractivity contribution in [3.05, 3.63) is 34.9 Å².